The monoisotopic (exact) mass is 268 g/mol. The molecule has 6 heteroatoms. The number of hydrogen-bond donors (Lipinski definition) is 2. The maximum atomic E-state index is 11.5. The predicted octanol–water partition coefficient (Wildman–Crippen LogP) is 1.05. The van der Waals surface area contributed by atoms with Gasteiger partial charge in [0.1, 0.15) is 0 Å². The second-order valence-electron chi connectivity index (χ2n) is 4.34. The van der Waals surface area contributed by atoms with Gasteiger partial charge in [-0.15, -0.1) is 0 Å². The maximum absolute atomic E-state index is 11.5. The van der Waals surface area contributed by atoms with Gasteiger partial charge >= 0.3 is 0 Å². The van der Waals surface area contributed by atoms with Gasteiger partial charge in [0.05, 0.1) is 5.75 Å². The van der Waals surface area contributed by atoms with Crippen LogP contribution in [-0.4, -0.2) is 26.6 Å². The van der Waals surface area contributed by atoms with Crippen LogP contribution in [0.3, 0.4) is 0 Å². The molecule has 1 unspecified atom stereocenters. The molecule has 2 rings (SSSR count). The number of benzene rings is 1. The molecule has 2 N–H and O–H groups in total. The lowest BCUT2D eigenvalue weighted by Gasteiger charge is -2.11. The first-order valence-electron chi connectivity index (χ1n) is 5.87. The summed E-state index contributed by atoms with van der Waals surface area (Å²) in [6.07, 6.45) is 0.462. The van der Waals surface area contributed by atoms with Crippen molar-refractivity contribution in [3.8, 4) is 0 Å². The maximum Gasteiger partial charge on any atom is 0.232 e. The van der Waals surface area contributed by atoms with Gasteiger partial charge in [-0.25, -0.2) is 8.42 Å². The first kappa shape index (κ1) is 12.9. The third-order valence-electron chi connectivity index (χ3n) is 2.99. The third kappa shape index (κ3) is 3.01. The summed E-state index contributed by atoms with van der Waals surface area (Å²) in [6, 6.07) is 7.21. The Labute approximate surface area is 107 Å². The number of rotatable bonds is 4. The Morgan fingerprint density at radius 1 is 1.44 bits per heavy atom. The van der Waals surface area contributed by atoms with Crippen LogP contribution < -0.4 is 10.0 Å². The fourth-order valence-corrected chi connectivity index (χ4v) is 2.58. The topological polar surface area (TPSA) is 75.3 Å². The lowest BCUT2D eigenvalue weighted by atomic mass is 9.98. The van der Waals surface area contributed by atoms with E-state index < -0.39 is 10.0 Å². The molecule has 0 bridgehead atoms. The van der Waals surface area contributed by atoms with Crippen molar-refractivity contribution in [1.82, 2.24) is 5.32 Å². The molecule has 1 aromatic carbocycles. The van der Waals surface area contributed by atoms with Crippen molar-refractivity contribution in [2.45, 2.75) is 19.3 Å². The van der Waals surface area contributed by atoms with Gasteiger partial charge in [-0.1, -0.05) is 12.1 Å². The van der Waals surface area contributed by atoms with E-state index in [1.807, 2.05) is 6.07 Å². The van der Waals surface area contributed by atoms with Crippen molar-refractivity contribution in [2.75, 3.05) is 17.0 Å². The first-order chi connectivity index (χ1) is 8.50. The van der Waals surface area contributed by atoms with E-state index in [0.717, 1.165) is 5.56 Å². The van der Waals surface area contributed by atoms with Gasteiger partial charge in [0.2, 0.25) is 15.9 Å². The molecular weight excluding hydrogens is 252 g/mol. The van der Waals surface area contributed by atoms with Crippen molar-refractivity contribution in [2.24, 2.45) is 0 Å². The van der Waals surface area contributed by atoms with Crippen molar-refractivity contribution in [3.05, 3.63) is 29.8 Å². The molecule has 0 aliphatic carbocycles. The van der Waals surface area contributed by atoms with Crippen molar-refractivity contribution in [1.29, 1.82) is 0 Å². The van der Waals surface area contributed by atoms with Crippen LogP contribution in [0.4, 0.5) is 5.69 Å². The zero-order chi connectivity index (χ0) is 13.2. The van der Waals surface area contributed by atoms with Crippen molar-refractivity contribution in [3.63, 3.8) is 0 Å². The fourth-order valence-electron chi connectivity index (χ4n) is 1.95. The second kappa shape index (κ2) is 4.97. The molecule has 0 spiro atoms. The number of carbonyl (C=O) groups is 1. The van der Waals surface area contributed by atoms with E-state index in [2.05, 4.69) is 10.0 Å². The Morgan fingerprint density at radius 3 is 2.83 bits per heavy atom. The number of anilines is 1. The highest BCUT2D eigenvalue weighted by atomic mass is 32.2. The average Bonchev–Trinajstić information content (AvgIpc) is 2.76. The Hall–Kier alpha value is -1.56. The van der Waals surface area contributed by atoms with Crippen LogP contribution in [-0.2, 0) is 14.8 Å². The molecule has 1 saturated heterocycles. The zero-order valence-corrected chi connectivity index (χ0v) is 11.0. The summed E-state index contributed by atoms with van der Waals surface area (Å²) in [5.41, 5.74) is 1.53. The Bertz CT molecular complexity index is 554. The van der Waals surface area contributed by atoms with E-state index in [9.17, 15) is 13.2 Å². The van der Waals surface area contributed by atoms with Crippen LogP contribution in [0.1, 0.15) is 24.8 Å². The smallest absolute Gasteiger partial charge is 0.232 e. The van der Waals surface area contributed by atoms with Gasteiger partial charge in [-0.3, -0.25) is 9.52 Å². The number of nitrogens with one attached hydrogen (secondary N) is 2. The van der Waals surface area contributed by atoms with Crippen LogP contribution in [0.15, 0.2) is 24.3 Å². The highest BCUT2D eigenvalue weighted by molar-refractivity contribution is 7.92. The molecule has 1 fully saturated rings. The van der Waals surface area contributed by atoms with Crippen LogP contribution in [0, 0.1) is 0 Å². The van der Waals surface area contributed by atoms with E-state index in [1.54, 1.807) is 25.1 Å². The zero-order valence-electron chi connectivity index (χ0n) is 10.1. The van der Waals surface area contributed by atoms with Crippen LogP contribution in [0.25, 0.3) is 0 Å². The minimum Gasteiger partial charge on any atom is -0.355 e. The highest BCUT2D eigenvalue weighted by Gasteiger charge is 2.23. The van der Waals surface area contributed by atoms with Crippen LogP contribution in [0.2, 0.25) is 0 Å². The van der Waals surface area contributed by atoms with Crippen molar-refractivity contribution >= 4 is 21.6 Å². The Kier molecular flexibility index (Phi) is 3.56. The minimum absolute atomic E-state index is 0.0412. The molecule has 0 radical (unpaired) electrons. The minimum atomic E-state index is -3.26. The molecule has 18 heavy (non-hydrogen) atoms. The lowest BCUT2D eigenvalue weighted by Crippen LogP contribution is -2.15. The largest absolute Gasteiger partial charge is 0.355 e. The number of hydrogen-bond acceptors (Lipinski definition) is 3. The highest BCUT2D eigenvalue weighted by Crippen LogP contribution is 2.25. The fraction of sp³-hybridized carbons (Fsp3) is 0.417. The quantitative estimate of drug-likeness (QED) is 0.857. The van der Waals surface area contributed by atoms with Gasteiger partial charge in [0.25, 0.3) is 0 Å². The normalized spacial score (nSPS) is 19.6. The summed E-state index contributed by atoms with van der Waals surface area (Å²) in [4.78, 5) is 11.2. The van der Waals surface area contributed by atoms with E-state index in [4.69, 9.17) is 0 Å². The SMILES string of the molecule is CCS(=O)(=O)Nc1cccc(C2CNC(=O)C2)c1. The Balaban J connectivity index is 2.18. The first-order valence-corrected chi connectivity index (χ1v) is 7.52. The lowest BCUT2D eigenvalue weighted by molar-refractivity contribution is -0.119. The van der Waals surface area contributed by atoms with Gasteiger partial charge < -0.3 is 5.32 Å². The summed E-state index contributed by atoms with van der Waals surface area (Å²) >= 11 is 0. The van der Waals surface area contributed by atoms with Crippen LogP contribution >= 0.6 is 0 Å². The number of carbonyl (C=O) groups excluding carboxylic acids is 1. The van der Waals surface area contributed by atoms with E-state index in [1.165, 1.54) is 0 Å². The summed E-state index contributed by atoms with van der Waals surface area (Å²) in [5, 5.41) is 2.77. The average molecular weight is 268 g/mol. The van der Waals surface area contributed by atoms with E-state index >= 15 is 0 Å². The predicted molar refractivity (Wildman–Crippen MR) is 69.9 cm³/mol. The van der Waals surface area contributed by atoms with Gasteiger partial charge in [-0.05, 0) is 24.6 Å². The summed E-state index contributed by atoms with van der Waals surface area (Å²) in [7, 11) is -3.26. The molecule has 98 valence electrons. The molecule has 0 aromatic heterocycles. The summed E-state index contributed by atoms with van der Waals surface area (Å²) < 4.78 is 25.5. The molecule has 1 aliphatic heterocycles. The van der Waals surface area contributed by atoms with Gasteiger partial charge in [0, 0.05) is 24.6 Å². The molecular formula is C12H16N2O3S. The van der Waals surface area contributed by atoms with E-state index in [-0.39, 0.29) is 17.6 Å². The summed E-state index contributed by atoms with van der Waals surface area (Å²) in [5.74, 6) is 0.212. The summed E-state index contributed by atoms with van der Waals surface area (Å²) in [6.45, 7) is 2.20. The molecule has 1 amide bonds. The van der Waals surface area contributed by atoms with Gasteiger partial charge in [-0.2, -0.15) is 0 Å². The molecule has 1 atom stereocenters. The van der Waals surface area contributed by atoms with E-state index in [0.29, 0.717) is 18.7 Å². The molecule has 1 aromatic rings. The van der Waals surface area contributed by atoms with Crippen LogP contribution in [0.5, 0.6) is 0 Å². The third-order valence-corrected chi connectivity index (χ3v) is 4.30. The van der Waals surface area contributed by atoms with Gasteiger partial charge in [0.15, 0.2) is 0 Å². The number of sulfonamides is 1. The van der Waals surface area contributed by atoms with Crippen molar-refractivity contribution < 1.29 is 13.2 Å². The molecule has 1 heterocycles. The molecule has 1 aliphatic rings. The Morgan fingerprint density at radius 2 is 2.22 bits per heavy atom. The number of amides is 1. The molecule has 0 saturated carbocycles. The standard InChI is InChI=1S/C12H16N2O3S/c1-2-18(16,17)14-11-5-3-4-9(6-11)10-7-12(15)13-8-10/h3-6,10,14H,2,7-8H2,1H3,(H,13,15). The second-order valence-corrected chi connectivity index (χ2v) is 6.35. The molecule has 5 nitrogen and oxygen atoms in total.